The number of aliphatic hydroxyl groups is 1. The number of carbonyl (C=O) groups is 1. The van der Waals surface area contributed by atoms with Gasteiger partial charge in [-0.1, -0.05) is 6.07 Å². The first-order valence-corrected chi connectivity index (χ1v) is 4.65. The monoisotopic (exact) mass is 220 g/mol. The minimum absolute atomic E-state index is 0.128. The van der Waals surface area contributed by atoms with Crippen molar-refractivity contribution in [3.05, 3.63) is 29.8 Å². The van der Waals surface area contributed by atoms with E-state index in [0.29, 0.717) is 11.3 Å². The Hall–Kier alpha value is -2.06. The van der Waals surface area contributed by atoms with E-state index in [9.17, 15) is 9.90 Å². The van der Waals surface area contributed by atoms with Crippen LogP contribution >= 0.6 is 0 Å². The molecule has 1 aromatic carbocycles. The highest BCUT2D eigenvalue weighted by Gasteiger charge is 2.29. The van der Waals surface area contributed by atoms with Gasteiger partial charge in [-0.3, -0.25) is 0 Å². The molecule has 3 N–H and O–H groups in total. The lowest BCUT2D eigenvalue weighted by atomic mass is 10.1. The number of nitrogens with one attached hydrogen (secondary N) is 1. The van der Waals surface area contributed by atoms with Gasteiger partial charge in [0.2, 0.25) is 0 Å². The van der Waals surface area contributed by atoms with Crippen LogP contribution in [0.2, 0.25) is 0 Å². The number of rotatable bonds is 4. The molecule has 5 nitrogen and oxygen atoms in total. The van der Waals surface area contributed by atoms with E-state index in [2.05, 4.69) is 5.32 Å². The van der Waals surface area contributed by atoms with Crippen LogP contribution in [-0.4, -0.2) is 28.3 Å². The molecule has 16 heavy (non-hydrogen) atoms. The second-order valence-electron chi connectivity index (χ2n) is 3.63. The van der Waals surface area contributed by atoms with Crippen molar-refractivity contribution in [3.8, 4) is 6.07 Å². The number of nitrogens with zero attached hydrogens (tertiary/aromatic N) is 1. The molecule has 0 saturated heterocycles. The van der Waals surface area contributed by atoms with Gasteiger partial charge in [0.25, 0.3) is 0 Å². The Morgan fingerprint density at radius 3 is 2.88 bits per heavy atom. The molecule has 0 bridgehead atoms. The van der Waals surface area contributed by atoms with Gasteiger partial charge in [-0.25, -0.2) is 4.79 Å². The molecule has 5 heteroatoms. The second kappa shape index (κ2) is 4.64. The zero-order valence-corrected chi connectivity index (χ0v) is 8.77. The molecule has 1 unspecified atom stereocenters. The van der Waals surface area contributed by atoms with Crippen molar-refractivity contribution in [1.29, 1.82) is 5.26 Å². The SMILES string of the molecule is CC(O)(CNc1cccc(C#N)c1)C(=O)O. The van der Waals surface area contributed by atoms with E-state index in [1.54, 1.807) is 24.3 Å². The summed E-state index contributed by atoms with van der Waals surface area (Å²) in [6, 6.07) is 8.56. The summed E-state index contributed by atoms with van der Waals surface area (Å²) in [5.74, 6) is -1.29. The molecule has 1 rings (SSSR count). The average Bonchev–Trinajstić information content (AvgIpc) is 2.26. The minimum atomic E-state index is -1.83. The minimum Gasteiger partial charge on any atom is -0.479 e. The lowest BCUT2D eigenvalue weighted by Gasteiger charge is -2.19. The summed E-state index contributed by atoms with van der Waals surface area (Å²) in [6.45, 7) is 1.08. The normalized spacial score (nSPS) is 13.6. The number of benzene rings is 1. The predicted molar refractivity (Wildman–Crippen MR) is 57.9 cm³/mol. The maximum atomic E-state index is 10.6. The van der Waals surface area contributed by atoms with Crippen LogP contribution in [0.1, 0.15) is 12.5 Å². The van der Waals surface area contributed by atoms with Gasteiger partial charge in [0.1, 0.15) is 0 Å². The van der Waals surface area contributed by atoms with Crippen LogP contribution in [0.3, 0.4) is 0 Å². The Bertz CT molecular complexity index is 435. The van der Waals surface area contributed by atoms with Gasteiger partial charge in [-0.05, 0) is 25.1 Å². The molecule has 0 amide bonds. The number of carboxylic acids is 1. The summed E-state index contributed by atoms with van der Waals surface area (Å²) < 4.78 is 0. The average molecular weight is 220 g/mol. The van der Waals surface area contributed by atoms with Gasteiger partial charge >= 0.3 is 5.97 Å². The van der Waals surface area contributed by atoms with Crippen LogP contribution in [0.4, 0.5) is 5.69 Å². The Kier molecular flexibility index (Phi) is 3.48. The van der Waals surface area contributed by atoms with Gasteiger partial charge in [0, 0.05) is 5.69 Å². The highest BCUT2D eigenvalue weighted by atomic mass is 16.4. The van der Waals surface area contributed by atoms with Crippen LogP contribution in [-0.2, 0) is 4.79 Å². The summed E-state index contributed by atoms with van der Waals surface area (Å²) in [5.41, 5.74) is -0.761. The molecule has 0 aliphatic heterocycles. The maximum absolute atomic E-state index is 10.6. The van der Waals surface area contributed by atoms with Crippen molar-refractivity contribution < 1.29 is 15.0 Å². The van der Waals surface area contributed by atoms with E-state index in [4.69, 9.17) is 10.4 Å². The molecule has 1 atom stereocenters. The van der Waals surface area contributed by atoms with Crippen molar-refractivity contribution in [2.75, 3.05) is 11.9 Å². The first-order valence-electron chi connectivity index (χ1n) is 4.65. The van der Waals surface area contributed by atoms with E-state index in [1.165, 1.54) is 6.92 Å². The fourth-order valence-electron chi connectivity index (χ4n) is 1.05. The van der Waals surface area contributed by atoms with E-state index >= 15 is 0 Å². The fourth-order valence-corrected chi connectivity index (χ4v) is 1.05. The molecule has 0 spiro atoms. The van der Waals surface area contributed by atoms with Gasteiger partial charge in [0.05, 0.1) is 18.2 Å². The maximum Gasteiger partial charge on any atom is 0.337 e. The molecule has 0 heterocycles. The largest absolute Gasteiger partial charge is 0.479 e. The van der Waals surface area contributed by atoms with Crippen molar-refractivity contribution in [1.82, 2.24) is 0 Å². The van der Waals surface area contributed by atoms with E-state index in [-0.39, 0.29) is 6.54 Å². The molecule has 0 aliphatic rings. The van der Waals surface area contributed by atoms with E-state index in [1.807, 2.05) is 6.07 Å². The van der Waals surface area contributed by atoms with E-state index in [0.717, 1.165) is 0 Å². The molecular weight excluding hydrogens is 208 g/mol. The number of nitriles is 1. The Labute approximate surface area is 92.9 Å². The topological polar surface area (TPSA) is 93.4 Å². The van der Waals surface area contributed by atoms with Crippen molar-refractivity contribution in [3.63, 3.8) is 0 Å². The Morgan fingerprint density at radius 2 is 2.31 bits per heavy atom. The lowest BCUT2D eigenvalue weighted by molar-refractivity contribution is -0.155. The lowest BCUT2D eigenvalue weighted by Crippen LogP contribution is -2.41. The second-order valence-corrected chi connectivity index (χ2v) is 3.63. The van der Waals surface area contributed by atoms with Crippen LogP contribution in [0.5, 0.6) is 0 Å². The quantitative estimate of drug-likeness (QED) is 0.698. The summed E-state index contributed by atoms with van der Waals surface area (Å²) in [6.07, 6.45) is 0. The van der Waals surface area contributed by atoms with E-state index < -0.39 is 11.6 Å². The molecule has 0 aromatic heterocycles. The van der Waals surface area contributed by atoms with Crippen LogP contribution in [0.25, 0.3) is 0 Å². The van der Waals surface area contributed by atoms with Gasteiger partial charge in [0.15, 0.2) is 5.60 Å². The van der Waals surface area contributed by atoms with Crippen molar-refractivity contribution in [2.45, 2.75) is 12.5 Å². The van der Waals surface area contributed by atoms with Crippen LogP contribution < -0.4 is 5.32 Å². The number of anilines is 1. The fraction of sp³-hybridized carbons (Fsp3) is 0.273. The van der Waals surface area contributed by atoms with Crippen molar-refractivity contribution >= 4 is 11.7 Å². The summed E-state index contributed by atoms with van der Waals surface area (Å²) in [7, 11) is 0. The molecule has 84 valence electrons. The zero-order chi connectivity index (χ0) is 12.2. The smallest absolute Gasteiger partial charge is 0.337 e. The third-order valence-corrected chi connectivity index (χ3v) is 2.09. The Morgan fingerprint density at radius 1 is 1.62 bits per heavy atom. The number of hydrogen-bond donors (Lipinski definition) is 3. The third kappa shape index (κ3) is 2.97. The van der Waals surface area contributed by atoms with Gasteiger partial charge in [-0.15, -0.1) is 0 Å². The summed E-state index contributed by atoms with van der Waals surface area (Å²) in [5, 5.41) is 29.5. The molecule has 0 saturated carbocycles. The van der Waals surface area contributed by atoms with Crippen molar-refractivity contribution in [2.24, 2.45) is 0 Å². The third-order valence-electron chi connectivity index (χ3n) is 2.09. The standard InChI is InChI=1S/C11H12N2O3/c1-11(16,10(14)15)7-13-9-4-2-3-8(5-9)6-12/h2-5,13,16H,7H2,1H3,(H,14,15). The highest BCUT2D eigenvalue weighted by Crippen LogP contribution is 2.12. The first kappa shape index (κ1) is 12.0. The molecule has 1 aromatic rings. The predicted octanol–water partition coefficient (Wildman–Crippen LogP) is 0.806. The molecular formula is C11H12N2O3. The molecule has 0 radical (unpaired) electrons. The summed E-state index contributed by atoms with van der Waals surface area (Å²) >= 11 is 0. The first-order chi connectivity index (χ1) is 7.45. The Balaban J connectivity index is 2.69. The summed E-state index contributed by atoms with van der Waals surface area (Å²) in [4.78, 5) is 10.6. The number of hydrogen-bond acceptors (Lipinski definition) is 4. The molecule has 0 aliphatic carbocycles. The zero-order valence-electron chi connectivity index (χ0n) is 8.77. The highest BCUT2D eigenvalue weighted by molar-refractivity contribution is 5.77. The van der Waals surface area contributed by atoms with Gasteiger partial charge < -0.3 is 15.5 Å². The number of aliphatic carboxylic acids is 1. The number of carboxylic acid groups (broad SMARTS) is 1. The molecule has 0 fully saturated rings. The van der Waals surface area contributed by atoms with Gasteiger partial charge in [-0.2, -0.15) is 5.26 Å². The van der Waals surface area contributed by atoms with Crippen LogP contribution in [0.15, 0.2) is 24.3 Å². The van der Waals surface area contributed by atoms with Crippen LogP contribution in [0, 0.1) is 11.3 Å².